The van der Waals surface area contributed by atoms with E-state index in [2.05, 4.69) is 28.7 Å². The molecule has 0 unspecified atom stereocenters. The van der Waals surface area contributed by atoms with Crippen LogP contribution in [0.2, 0.25) is 0 Å². The van der Waals surface area contributed by atoms with Gasteiger partial charge in [-0.2, -0.15) is 4.98 Å². The third kappa shape index (κ3) is 4.21. The van der Waals surface area contributed by atoms with Crippen LogP contribution in [0.1, 0.15) is 45.1 Å². The Kier molecular flexibility index (Phi) is 5.73. The lowest BCUT2D eigenvalue weighted by Gasteiger charge is -2.13. The lowest BCUT2D eigenvalue weighted by Crippen LogP contribution is -2.20. The predicted octanol–water partition coefficient (Wildman–Crippen LogP) is 2.56. The van der Waals surface area contributed by atoms with Crippen molar-refractivity contribution in [2.75, 3.05) is 11.9 Å². The van der Waals surface area contributed by atoms with Crippen molar-refractivity contribution in [1.29, 1.82) is 0 Å². The molecule has 17 heavy (non-hydrogen) atoms. The molecule has 4 nitrogen and oxygen atoms in total. The number of anilines is 1. The van der Waals surface area contributed by atoms with Crippen molar-refractivity contribution in [1.82, 2.24) is 9.55 Å². The Labute approximate surface area is 103 Å². The maximum absolute atomic E-state index is 11.5. The van der Waals surface area contributed by atoms with E-state index in [1.54, 1.807) is 0 Å². The number of nitrogens with one attached hydrogen (secondary N) is 1. The number of aryl methyl sites for hydroxylation is 2. The first-order chi connectivity index (χ1) is 8.19. The molecular weight excluding hydrogens is 214 g/mol. The third-order valence-electron chi connectivity index (χ3n) is 2.73. The molecule has 1 heterocycles. The molecule has 0 atom stereocenters. The van der Waals surface area contributed by atoms with Gasteiger partial charge in [0.1, 0.15) is 0 Å². The van der Waals surface area contributed by atoms with Crippen LogP contribution in [0, 0.1) is 6.92 Å². The van der Waals surface area contributed by atoms with Crippen LogP contribution in [0.3, 0.4) is 0 Å². The summed E-state index contributed by atoms with van der Waals surface area (Å²) in [5, 5.41) is 3.24. The molecule has 1 N–H and O–H groups in total. The van der Waals surface area contributed by atoms with Crippen molar-refractivity contribution in [3.8, 4) is 0 Å². The van der Waals surface area contributed by atoms with Crippen LogP contribution >= 0.6 is 0 Å². The average Bonchev–Trinajstić information content (AvgIpc) is 2.32. The molecule has 0 spiro atoms. The molecule has 96 valence electrons. The maximum atomic E-state index is 11.5. The minimum Gasteiger partial charge on any atom is -0.356 e. The molecule has 0 amide bonds. The highest BCUT2D eigenvalue weighted by atomic mass is 16.1. The van der Waals surface area contributed by atoms with Gasteiger partial charge in [0.15, 0.2) is 0 Å². The Morgan fingerprint density at radius 3 is 2.65 bits per heavy atom. The standard InChI is InChI=1S/C13H23N3O/c1-4-6-8-14-13-15-12(17)11(3)10-16(13)9-7-5-2/h10H,4-9H2,1-3H3,(H,14,15,17). The summed E-state index contributed by atoms with van der Waals surface area (Å²) in [7, 11) is 0. The summed E-state index contributed by atoms with van der Waals surface area (Å²) in [4.78, 5) is 15.6. The molecule has 1 aromatic heterocycles. The van der Waals surface area contributed by atoms with Crippen LogP contribution in [0.15, 0.2) is 11.0 Å². The van der Waals surface area contributed by atoms with Gasteiger partial charge in [-0.3, -0.25) is 4.79 Å². The summed E-state index contributed by atoms with van der Waals surface area (Å²) in [5.74, 6) is 0.711. The van der Waals surface area contributed by atoms with Gasteiger partial charge in [-0.05, 0) is 19.8 Å². The Morgan fingerprint density at radius 2 is 2.00 bits per heavy atom. The SMILES string of the molecule is CCCCNc1nc(=O)c(C)cn1CCCC. The molecule has 0 fully saturated rings. The lowest BCUT2D eigenvalue weighted by atomic mass is 10.3. The summed E-state index contributed by atoms with van der Waals surface area (Å²) < 4.78 is 2.05. The highest BCUT2D eigenvalue weighted by molar-refractivity contribution is 5.27. The Morgan fingerprint density at radius 1 is 1.29 bits per heavy atom. The van der Waals surface area contributed by atoms with E-state index in [1.807, 2.05) is 13.1 Å². The molecule has 1 aromatic rings. The van der Waals surface area contributed by atoms with Crippen molar-refractivity contribution >= 4 is 5.95 Å². The van der Waals surface area contributed by atoms with Gasteiger partial charge in [-0.1, -0.05) is 26.7 Å². The number of unbranched alkanes of at least 4 members (excludes halogenated alkanes) is 2. The van der Waals surface area contributed by atoms with E-state index in [0.717, 1.165) is 38.8 Å². The molecule has 0 bridgehead atoms. The summed E-state index contributed by atoms with van der Waals surface area (Å²) in [6.45, 7) is 7.91. The van der Waals surface area contributed by atoms with Gasteiger partial charge >= 0.3 is 0 Å². The molecule has 1 rings (SSSR count). The van der Waals surface area contributed by atoms with E-state index in [-0.39, 0.29) is 5.56 Å². The van der Waals surface area contributed by atoms with Gasteiger partial charge in [0.05, 0.1) is 0 Å². The maximum Gasteiger partial charge on any atom is 0.277 e. The molecular formula is C13H23N3O. The van der Waals surface area contributed by atoms with Crippen molar-refractivity contribution in [2.24, 2.45) is 0 Å². The number of hydrogen-bond acceptors (Lipinski definition) is 3. The molecule has 0 aromatic carbocycles. The van der Waals surface area contributed by atoms with Gasteiger partial charge in [-0.15, -0.1) is 0 Å². The highest BCUT2D eigenvalue weighted by Crippen LogP contribution is 2.05. The highest BCUT2D eigenvalue weighted by Gasteiger charge is 2.04. The number of aromatic nitrogens is 2. The largest absolute Gasteiger partial charge is 0.356 e. The van der Waals surface area contributed by atoms with E-state index in [4.69, 9.17) is 0 Å². The second kappa shape index (κ2) is 7.09. The van der Waals surface area contributed by atoms with Crippen LogP contribution in [0.4, 0.5) is 5.95 Å². The van der Waals surface area contributed by atoms with Gasteiger partial charge in [0, 0.05) is 24.8 Å². The number of rotatable bonds is 7. The summed E-state index contributed by atoms with van der Waals surface area (Å²) in [6, 6.07) is 0. The smallest absolute Gasteiger partial charge is 0.277 e. The zero-order chi connectivity index (χ0) is 12.7. The fraction of sp³-hybridized carbons (Fsp3) is 0.692. The van der Waals surface area contributed by atoms with Crippen LogP contribution in [-0.4, -0.2) is 16.1 Å². The molecule has 0 saturated heterocycles. The first kappa shape index (κ1) is 13.7. The number of hydrogen-bond donors (Lipinski definition) is 1. The second-order valence-electron chi connectivity index (χ2n) is 4.38. The second-order valence-corrected chi connectivity index (χ2v) is 4.38. The zero-order valence-electron chi connectivity index (χ0n) is 11.1. The predicted molar refractivity (Wildman–Crippen MR) is 71.5 cm³/mol. The van der Waals surface area contributed by atoms with Crippen molar-refractivity contribution < 1.29 is 0 Å². The molecule has 0 saturated carbocycles. The van der Waals surface area contributed by atoms with E-state index in [1.165, 1.54) is 0 Å². The van der Waals surface area contributed by atoms with Crippen LogP contribution in [0.5, 0.6) is 0 Å². The summed E-state index contributed by atoms with van der Waals surface area (Å²) in [5.41, 5.74) is 0.582. The van der Waals surface area contributed by atoms with Crippen LogP contribution in [0.25, 0.3) is 0 Å². The van der Waals surface area contributed by atoms with Crippen molar-refractivity contribution in [3.63, 3.8) is 0 Å². The molecule has 0 radical (unpaired) electrons. The molecule has 0 aliphatic heterocycles. The summed E-state index contributed by atoms with van der Waals surface area (Å²) in [6.07, 6.45) is 6.38. The van der Waals surface area contributed by atoms with Crippen LogP contribution < -0.4 is 10.9 Å². The Bertz CT molecular complexity index is 398. The molecule has 0 aliphatic rings. The van der Waals surface area contributed by atoms with E-state index >= 15 is 0 Å². The fourth-order valence-electron chi connectivity index (χ4n) is 1.62. The quantitative estimate of drug-likeness (QED) is 0.741. The van der Waals surface area contributed by atoms with E-state index < -0.39 is 0 Å². The molecule has 4 heteroatoms. The minimum absolute atomic E-state index is 0.128. The Balaban J connectivity index is 2.82. The topological polar surface area (TPSA) is 46.9 Å². The zero-order valence-corrected chi connectivity index (χ0v) is 11.1. The average molecular weight is 237 g/mol. The molecule has 0 aliphatic carbocycles. The van der Waals surface area contributed by atoms with Crippen molar-refractivity contribution in [3.05, 3.63) is 22.1 Å². The van der Waals surface area contributed by atoms with Gasteiger partial charge in [0.25, 0.3) is 5.56 Å². The normalized spacial score (nSPS) is 10.5. The van der Waals surface area contributed by atoms with Gasteiger partial charge in [0.2, 0.25) is 5.95 Å². The van der Waals surface area contributed by atoms with E-state index in [9.17, 15) is 4.79 Å². The van der Waals surface area contributed by atoms with Gasteiger partial charge < -0.3 is 9.88 Å². The van der Waals surface area contributed by atoms with Gasteiger partial charge in [-0.25, -0.2) is 0 Å². The summed E-state index contributed by atoms with van der Waals surface area (Å²) >= 11 is 0. The third-order valence-corrected chi connectivity index (χ3v) is 2.73. The minimum atomic E-state index is -0.128. The fourth-order valence-corrected chi connectivity index (χ4v) is 1.62. The van der Waals surface area contributed by atoms with Crippen molar-refractivity contribution in [2.45, 2.75) is 53.0 Å². The first-order valence-electron chi connectivity index (χ1n) is 6.51. The Hall–Kier alpha value is -1.32. The number of nitrogens with zero attached hydrogens (tertiary/aromatic N) is 2. The monoisotopic (exact) mass is 237 g/mol. The lowest BCUT2D eigenvalue weighted by molar-refractivity contribution is 0.617. The van der Waals surface area contributed by atoms with Crippen LogP contribution in [-0.2, 0) is 6.54 Å². The first-order valence-corrected chi connectivity index (χ1v) is 6.51. The van der Waals surface area contributed by atoms with E-state index in [0.29, 0.717) is 11.5 Å².